The maximum atomic E-state index is 14.0. The van der Waals surface area contributed by atoms with Crippen molar-refractivity contribution in [3.8, 4) is 0 Å². The fourth-order valence-corrected chi connectivity index (χ4v) is 8.49. The highest BCUT2D eigenvalue weighted by molar-refractivity contribution is 7.89. The zero-order valence-corrected chi connectivity index (χ0v) is 27.1. The quantitative estimate of drug-likeness (QED) is 0.276. The van der Waals surface area contributed by atoms with E-state index in [2.05, 4.69) is 25.3 Å². The minimum atomic E-state index is -3.87. The highest BCUT2D eigenvalue weighted by Crippen LogP contribution is 2.46. The van der Waals surface area contributed by atoms with Crippen molar-refractivity contribution in [1.29, 1.82) is 0 Å². The summed E-state index contributed by atoms with van der Waals surface area (Å²) in [5.74, 6) is 0.834. The van der Waals surface area contributed by atoms with Crippen molar-refractivity contribution in [3.63, 3.8) is 0 Å². The fourth-order valence-electron chi connectivity index (χ4n) is 7.16. The van der Waals surface area contributed by atoms with Gasteiger partial charge in [0.15, 0.2) is 5.82 Å². The van der Waals surface area contributed by atoms with Gasteiger partial charge in [-0.05, 0) is 80.8 Å². The molecule has 2 N–H and O–H groups in total. The van der Waals surface area contributed by atoms with E-state index in [9.17, 15) is 18.0 Å². The van der Waals surface area contributed by atoms with Crippen molar-refractivity contribution in [2.24, 2.45) is 0 Å². The van der Waals surface area contributed by atoms with Gasteiger partial charge < -0.3 is 20.1 Å². The van der Waals surface area contributed by atoms with E-state index in [1.165, 1.54) is 18.5 Å². The highest BCUT2D eigenvalue weighted by Gasteiger charge is 2.38. The first-order valence-corrected chi connectivity index (χ1v) is 17.9. The first-order chi connectivity index (χ1) is 22.2. The molecule has 2 atom stereocenters. The van der Waals surface area contributed by atoms with Gasteiger partial charge in [-0.25, -0.2) is 4.98 Å². The summed E-state index contributed by atoms with van der Waals surface area (Å²) < 4.78 is 29.2. The van der Waals surface area contributed by atoms with Crippen LogP contribution in [0.4, 0.5) is 0 Å². The van der Waals surface area contributed by atoms with Crippen LogP contribution in [0.3, 0.4) is 0 Å². The second-order valence-electron chi connectivity index (χ2n) is 13.3. The zero-order chi connectivity index (χ0) is 31.7. The van der Waals surface area contributed by atoms with Gasteiger partial charge in [0, 0.05) is 59.7 Å². The van der Waals surface area contributed by atoms with E-state index in [0.29, 0.717) is 41.6 Å². The van der Waals surface area contributed by atoms with Gasteiger partial charge in [-0.1, -0.05) is 23.7 Å². The first kappa shape index (κ1) is 29.6. The van der Waals surface area contributed by atoms with Gasteiger partial charge in [-0.3, -0.25) is 9.59 Å². The molecule has 2 aromatic heterocycles. The Labute approximate surface area is 272 Å². The van der Waals surface area contributed by atoms with Crippen molar-refractivity contribution in [2.75, 3.05) is 13.1 Å². The molecule has 4 fully saturated rings. The molecule has 2 aromatic carbocycles. The monoisotopic (exact) mass is 661 g/mol. The fraction of sp³-hybridized carbons (Fsp3) is 0.455. The number of rotatable bonds is 9. The summed E-state index contributed by atoms with van der Waals surface area (Å²) in [6.07, 6.45) is 7.32. The van der Waals surface area contributed by atoms with Gasteiger partial charge in [0.2, 0.25) is 5.91 Å². The molecule has 11 nitrogen and oxygen atoms in total. The SMILES string of the molecule is Cc1cc(Cl)cc2c(C(=O)NCc3ccc(S(=O)(=O)n4cnc(C5CC5)n4)cc3)c(C3CC3)n(CC(=O)N3CC4CCC(C3)N4)c12. The van der Waals surface area contributed by atoms with Crippen LogP contribution in [0.15, 0.2) is 47.6 Å². The highest BCUT2D eigenvalue weighted by atomic mass is 35.5. The molecule has 4 aliphatic rings. The van der Waals surface area contributed by atoms with E-state index in [-0.39, 0.29) is 41.6 Å². The molecule has 2 unspecified atom stereocenters. The molecule has 2 saturated carbocycles. The third-order valence-corrected chi connectivity index (χ3v) is 11.5. The molecule has 8 rings (SSSR count). The predicted molar refractivity (Wildman–Crippen MR) is 172 cm³/mol. The molecule has 2 bridgehead atoms. The summed E-state index contributed by atoms with van der Waals surface area (Å²) in [6, 6.07) is 10.8. The Morgan fingerprint density at radius 2 is 1.70 bits per heavy atom. The summed E-state index contributed by atoms with van der Waals surface area (Å²) in [6.45, 7) is 3.78. The van der Waals surface area contributed by atoms with Gasteiger partial charge >= 0.3 is 0 Å². The Hall–Kier alpha value is -3.74. The molecule has 0 radical (unpaired) electrons. The second kappa shape index (κ2) is 11.2. The molecule has 2 amide bonds. The van der Waals surface area contributed by atoms with E-state index >= 15 is 0 Å². The number of likely N-dealkylation sites (tertiary alicyclic amines) is 1. The number of hydrogen-bond acceptors (Lipinski definition) is 7. The summed E-state index contributed by atoms with van der Waals surface area (Å²) in [5.41, 5.74) is 4.00. The molecular weight excluding hydrogens is 626 g/mol. The number of carbonyl (C=O) groups is 2. The van der Waals surface area contributed by atoms with Gasteiger partial charge in [-0.15, -0.1) is 9.19 Å². The van der Waals surface area contributed by atoms with Crippen molar-refractivity contribution < 1.29 is 18.0 Å². The van der Waals surface area contributed by atoms with Crippen LogP contribution in [0.25, 0.3) is 10.9 Å². The third kappa shape index (κ3) is 5.39. The van der Waals surface area contributed by atoms with Crippen molar-refractivity contribution in [2.45, 2.75) is 87.4 Å². The van der Waals surface area contributed by atoms with Crippen LogP contribution >= 0.6 is 11.6 Å². The number of amides is 2. The lowest BCUT2D eigenvalue weighted by molar-refractivity contribution is -0.133. The van der Waals surface area contributed by atoms with Crippen molar-refractivity contribution in [3.05, 3.63) is 76.0 Å². The molecule has 0 spiro atoms. The van der Waals surface area contributed by atoms with E-state index < -0.39 is 10.0 Å². The average Bonchev–Trinajstić information content (AvgIpc) is 3.96. The summed E-state index contributed by atoms with van der Waals surface area (Å²) >= 11 is 6.53. The van der Waals surface area contributed by atoms with Crippen LogP contribution in [0.1, 0.15) is 83.4 Å². The number of piperazine rings is 1. The van der Waals surface area contributed by atoms with Crippen molar-refractivity contribution in [1.82, 2.24) is 34.3 Å². The maximum absolute atomic E-state index is 14.0. The average molecular weight is 662 g/mol. The number of aromatic nitrogens is 4. The van der Waals surface area contributed by atoms with Gasteiger partial charge in [0.25, 0.3) is 15.9 Å². The molecule has 2 saturated heterocycles. The molecule has 13 heteroatoms. The van der Waals surface area contributed by atoms with E-state index in [1.54, 1.807) is 12.1 Å². The second-order valence-corrected chi connectivity index (χ2v) is 15.5. The van der Waals surface area contributed by atoms with E-state index in [1.807, 2.05) is 24.0 Å². The molecule has 240 valence electrons. The van der Waals surface area contributed by atoms with Gasteiger partial charge in [-0.2, -0.15) is 8.42 Å². The number of nitrogens with zero attached hydrogens (tertiary/aromatic N) is 5. The Kier molecular flexibility index (Phi) is 7.22. The number of hydrogen-bond donors (Lipinski definition) is 2. The Balaban J connectivity index is 1.05. The zero-order valence-electron chi connectivity index (χ0n) is 25.6. The summed E-state index contributed by atoms with van der Waals surface area (Å²) in [4.78, 5) is 33.9. The molecular formula is C33H36ClN7O4S. The van der Waals surface area contributed by atoms with Crippen LogP contribution in [0, 0.1) is 6.92 Å². The van der Waals surface area contributed by atoms with Crippen LogP contribution in [-0.4, -0.2) is 69.0 Å². The lowest BCUT2D eigenvalue weighted by Gasteiger charge is -2.33. The maximum Gasteiger partial charge on any atom is 0.284 e. The number of nitrogens with one attached hydrogen (secondary N) is 2. The third-order valence-electron chi connectivity index (χ3n) is 9.76. The topological polar surface area (TPSA) is 131 Å². The van der Waals surface area contributed by atoms with Gasteiger partial charge in [0.1, 0.15) is 12.9 Å². The standard InChI is InChI=1S/C33H36ClN7O4S/c1-19-12-23(34)13-27-29(31(21-4-5-21)40(30(19)27)17-28(42)39-15-24-8-9-25(16-39)37-24)33(43)35-14-20-2-10-26(11-3-20)46(44,45)41-18-36-32(38-41)22-6-7-22/h2-3,10-13,18,21-22,24-25,37H,4-9,14-17H2,1H3,(H,35,43). The first-order valence-electron chi connectivity index (χ1n) is 16.1. The predicted octanol–water partition coefficient (Wildman–Crippen LogP) is 4.08. The number of aryl methyl sites for hydroxylation is 1. The van der Waals surface area contributed by atoms with Gasteiger partial charge in [0.05, 0.1) is 16.0 Å². The Morgan fingerprint density at radius 1 is 1.00 bits per heavy atom. The molecule has 4 aromatic rings. The van der Waals surface area contributed by atoms with Crippen LogP contribution < -0.4 is 10.6 Å². The number of carbonyl (C=O) groups excluding carboxylic acids is 2. The molecule has 46 heavy (non-hydrogen) atoms. The molecule has 4 heterocycles. The smallest absolute Gasteiger partial charge is 0.284 e. The summed E-state index contributed by atoms with van der Waals surface area (Å²) in [7, 11) is -3.87. The Morgan fingerprint density at radius 3 is 2.37 bits per heavy atom. The Bertz CT molecular complexity index is 1970. The molecule has 2 aliphatic heterocycles. The summed E-state index contributed by atoms with van der Waals surface area (Å²) in [5, 5.41) is 12.1. The van der Waals surface area contributed by atoms with Crippen LogP contribution in [0.2, 0.25) is 5.02 Å². The van der Waals surface area contributed by atoms with Crippen molar-refractivity contribution >= 4 is 44.3 Å². The lowest BCUT2D eigenvalue weighted by atomic mass is 10.1. The van der Waals surface area contributed by atoms with Crippen LogP contribution in [0.5, 0.6) is 0 Å². The number of benzene rings is 2. The van der Waals surface area contributed by atoms with E-state index in [0.717, 1.165) is 70.3 Å². The minimum absolute atomic E-state index is 0.0724. The largest absolute Gasteiger partial charge is 0.348 e. The number of halogens is 1. The lowest BCUT2D eigenvalue weighted by Crippen LogP contribution is -2.53. The van der Waals surface area contributed by atoms with Crippen LogP contribution in [-0.2, 0) is 27.9 Å². The minimum Gasteiger partial charge on any atom is -0.348 e. The normalized spacial score (nSPS) is 21.2. The van der Waals surface area contributed by atoms with E-state index in [4.69, 9.17) is 11.6 Å². The number of fused-ring (bicyclic) bond motifs is 3. The molecule has 2 aliphatic carbocycles.